The minimum Gasteiger partial charge on any atom is -0.329 e. The standard InChI is InChI=1S/C13H20N2/c1-10-6-7-13(15-9-8-14)12-5-3-2-4-11(10)12/h2-5,10,13,15H,6-9,14H2,1H3. The Bertz CT molecular complexity index is 322. The van der Waals surface area contributed by atoms with E-state index in [0.717, 1.165) is 6.54 Å². The van der Waals surface area contributed by atoms with Gasteiger partial charge >= 0.3 is 0 Å². The van der Waals surface area contributed by atoms with Gasteiger partial charge in [0, 0.05) is 19.1 Å². The monoisotopic (exact) mass is 204 g/mol. The van der Waals surface area contributed by atoms with E-state index in [0.29, 0.717) is 18.5 Å². The predicted molar refractivity (Wildman–Crippen MR) is 63.9 cm³/mol. The van der Waals surface area contributed by atoms with Crippen molar-refractivity contribution in [3.63, 3.8) is 0 Å². The van der Waals surface area contributed by atoms with Crippen LogP contribution in [-0.2, 0) is 0 Å². The van der Waals surface area contributed by atoms with E-state index in [1.165, 1.54) is 24.0 Å². The summed E-state index contributed by atoms with van der Waals surface area (Å²) in [5, 5.41) is 3.52. The van der Waals surface area contributed by atoms with Gasteiger partial charge in [-0.3, -0.25) is 0 Å². The van der Waals surface area contributed by atoms with Crippen molar-refractivity contribution in [2.75, 3.05) is 13.1 Å². The minimum absolute atomic E-state index is 0.515. The zero-order valence-corrected chi connectivity index (χ0v) is 9.37. The molecule has 1 aromatic rings. The summed E-state index contributed by atoms with van der Waals surface area (Å²) in [6, 6.07) is 9.30. The van der Waals surface area contributed by atoms with Crippen molar-refractivity contribution in [1.29, 1.82) is 0 Å². The molecule has 82 valence electrons. The Morgan fingerprint density at radius 1 is 1.27 bits per heavy atom. The summed E-state index contributed by atoms with van der Waals surface area (Å²) in [7, 11) is 0. The van der Waals surface area contributed by atoms with E-state index < -0.39 is 0 Å². The van der Waals surface area contributed by atoms with Gasteiger partial charge in [-0.2, -0.15) is 0 Å². The molecule has 0 spiro atoms. The van der Waals surface area contributed by atoms with Crippen molar-refractivity contribution < 1.29 is 0 Å². The highest BCUT2D eigenvalue weighted by atomic mass is 14.9. The molecule has 0 amide bonds. The molecule has 1 aliphatic rings. The quantitative estimate of drug-likeness (QED) is 0.792. The van der Waals surface area contributed by atoms with Gasteiger partial charge in [0.15, 0.2) is 0 Å². The third-order valence-electron chi connectivity index (χ3n) is 3.33. The number of benzene rings is 1. The van der Waals surface area contributed by atoms with Gasteiger partial charge in [-0.05, 0) is 29.9 Å². The van der Waals surface area contributed by atoms with E-state index in [1.54, 1.807) is 0 Å². The molecule has 0 fully saturated rings. The van der Waals surface area contributed by atoms with E-state index in [4.69, 9.17) is 5.73 Å². The van der Waals surface area contributed by atoms with Gasteiger partial charge in [0.05, 0.1) is 0 Å². The molecule has 0 radical (unpaired) electrons. The molecule has 2 atom stereocenters. The summed E-state index contributed by atoms with van der Waals surface area (Å²) in [5.74, 6) is 0.706. The lowest BCUT2D eigenvalue weighted by Crippen LogP contribution is -2.30. The van der Waals surface area contributed by atoms with Gasteiger partial charge in [0.1, 0.15) is 0 Å². The third kappa shape index (κ3) is 2.21. The molecular weight excluding hydrogens is 184 g/mol. The SMILES string of the molecule is CC1CCC(NCCN)c2ccccc21. The van der Waals surface area contributed by atoms with Crippen LogP contribution in [0.3, 0.4) is 0 Å². The molecule has 0 aromatic heterocycles. The lowest BCUT2D eigenvalue weighted by molar-refractivity contribution is 0.437. The normalized spacial score (nSPS) is 24.9. The first-order valence-corrected chi connectivity index (χ1v) is 5.85. The molecular formula is C13H20N2. The van der Waals surface area contributed by atoms with Gasteiger partial charge in [-0.15, -0.1) is 0 Å². The molecule has 0 heterocycles. The van der Waals surface area contributed by atoms with E-state index in [-0.39, 0.29) is 0 Å². The Morgan fingerprint density at radius 3 is 2.73 bits per heavy atom. The average Bonchev–Trinajstić information content (AvgIpc) is 2.29. The lowest BCUT2D eigenvalue weighted by Gasteiger charge is -2.30. The van der Waals surface area contributed by atoms with Gasteiger partial charge in [0.2, 0.25) is 0 Å². The predicted octanol–water partition coefficient (Wildman–Crippen LogP) is 2.17. The number of fused-ring (bicyclic) bond motifs is 1. The smallest absolute Gasteiger partial charge is 0.0323 e. The largest absolute Gasteiger partial charge is 0.329 e. The molecule has 2 rings (SSSR count). The molecule has 2 unspecified atom stereocenters. The number of nitrogens with two attached hydrogens (primary N) is 1. The number of rotatable bonds is 3. The molecule has 3 N–H and O–H groups in total. The molecule has 1 aromatic carbocycles. The highest BCUT2D eigenvalue weighted by molar-refractivity contribution is 5.34. The van der Waals surface area contributed by atoms with Crippen LogP contribution in [0, 0.1) is 0 Å². The summed E-state index contributed by atoms with van der Waals surface area (Å²) >= 11 is 0. The first-order chi connectivity index (χ1) is 7.33. The highest BCUT2D eigenvalue weighted by Gasteiger charge is 2.23. The van der Waals surface area contributed by atoms with E-state index >= 15 is 0 Å². The topological polar surface area (TPSA) is 38.0 Å². The molecule has 15 heavy (non-hydrogen) atoms. The summed E-state index contributed by atoms with van der Waals surface area (Å²) in [4.78, 5) is 0. The molecule has 0 saturated heterocycles. The Kier molecular flexibility index (Phi) is 3.39. The zero-order chi connectivity index (χ0) is 10.7. The summed E-state index contributed by atoms with van der Waals surface area (Å²) in [6.45, 7) is 3.94. The van der Waals surface area contributed by atoms with Crippen LogP contribution in [0.15, 0.2) is 24.3 Å². The van der Waals surface area contributed by atoms with Gasteiger partial charge < -0.3 is 11.1 Å². The number of nitrogens with one attached hydrogen (secondary N) is 1. The van der Waals surface area contributed by atoms with Crippen molar-refractivity contribution in [2.24, 2.45) is 5.73 Å². The van der Waals surface area contributed by atoms with Crippen LogP contribution in [0.5, 0.6) is 0 Å². The number of hydrogen-bond donors (Lipinski definition) is 2. The Hall–Kier alpha value is -0.860. The van der Waals surface area contributed by atoms with Gasteiger partial charge in [-0.25, -0.2) is 0 Å². The average molecular weight is 204 g/mol. The second-order valence-electron chi connectivity index (χ2n) is 4.40. The van der Waals surface area contributed by atoms with Crippen LogP contribution in [-0.4, -0.2) is 13.1 Å². The zero-order valence-electron chi connectivity index (χ0n) is 9.37. The maximum Gasteiger partial charge on any atom is 0.0323 e. The maximum atomic E-state index is 5.53. The van der Waals surface area contributed by atoms with Crippen molar-refractivity contribution in [3.05, 3.63) is 35.4 Å². The van der Waals surface area contributed by atoms with Crippen LogP contribution in [0.2, 0.25) is 0 Å². The molecule has 0 aliphatic heterocycles. The maximum absolute atomic E-state index is 5.53. The fourth-order valence-corrected chi connectivity index (χ4v) is 2.47. The molecule has 0 saturated carbocycles. The van der Waals surface area contributed by atoms with Crippen molar-refractivity contribution in [1.82, 2.24) is 5.32 Å². The van der Waals surface area contributed by atoms with Crippen molar-refractivity contribution in [3.8, 4) is 0 Å². The second kappa shape index (κ2) is 4.77. The minimum atomic E-state index is 0.515. The highest BCUT2D eigenvalue weighted by Crippen LogP contribution is 2.36. The second-order valence-corrected chi connectivity index (χ2v) is 4.40. The summed E-state index contributed by atoms with van der Waals surface area (Å²) in [5.41, 5.74) is 8.52. The van der Waals surface area contributed by atoms with Crippen molar-refractivity contribution in [2.45, 2.75) is 31.7 Å². The first kappa shape index (κ1) is 10.7. The van der Waals surface area contributed by atoms with Crippen LogP contribution in [0.4, 0.5) is 0 Å². The van der Waals surface area contributed by atoms with Crippen LogP contribution >= 0.6 is 0 Å². The molecule has 2 heteroatoms. The molecule has 1 aliphatic carbocycles. The van der Waals surface area contributed by atoms with Crippen LogP contribution < -0.4 is 11.1 Å². The van der Waals surface area contributed by atoms with E-state index in [9.17, 15) is 0 Å². The van der Waals surface area contributed by atoms with Crippen LogP contribution in [0.1, 0.15) is 42.9 Å². The lowest BCUT2D eigenvalue weighted by atomic mass is 9.81. The third-order valence-corrected chi connectivity index (χ3v) is 3.33. The van der Waals surface area contributed by atoms with Gasteiger partial charge in [-0.1, -0.05) is 31.2 Å². The number of hydrogen-bond acceptors (Lipinski definition) is 2. The summed E-state index contributed by atoms with van der Waals surface area (Å²) < 4.78 is 0. The fourth-order valence-electron chi connectivity index (χ4n) is 2.47. The van der Waals surface area contributed by atoms with Gasteiger partial charge in [0.25, 0.3) is 0 Å². The Morgan fingerprint density at radius 2 is 2.00 bits per heavy atom. The van der Waals surface area contributed by atoms with E-state index in [2.05, 4.69) is 36.5 Å². The first-order valence-electron chi connectivity index (χ1n) is 5.85. The Balaban J connectivity index is 2.20. The fraction of sp³-hybridized carbons (Fsp3) is 0.538. The molecule has 2 nitrogen and oxygen atoms in total. The Labute approximate surface area is 91.9 Å². The van der Waals surface area contributed by atoms with E-state index in [1.807, 2.05) is 0 Å². The summed E-state index contributed by atoms with van der Waals surface area (Å²) in [6.07, 6.45) is 2.51. The molecule has 0 bridgehead atoms. The van der Waals surface area contributed by atoms with Crippen molar-refractivity contribution >= 4 is 0 Å². The van der Waals surface area contributed by atoms with Crippen LogP contribution in [0.25, 0.3) is 0 Å².